The molecule has 0 aromatic rings. The van der Waals surface area contributed by atoms with Crippen molar-refractivity contribution in [3.63, 3.8) is 0 Å². The summed E-state index contributed by atoms with van der Waals surface area (Å²) in [6.45, 7) is 4.37. The maximum atomic E-state index is 11.4. The minimum absolute atomic E-state index is 0.0628. The summed E-state index contributed by atoms with van der Waals surface area (Å²) >= 11 is 0. The van der Waals surface area contributed by atoms with Gasteiger partial charge in [-0.1, -0.05) is 13.8 Å². The first-order valence-corrected chi connectivity index (χ1v) is 5.53. The van der Waals surface area contributed by atoms with E-state index in [1.54, 1.807) is 11.9 Å². The summed E-state index contributed by atoms with van der Waals surface area (Å²) in [5.41, 5.74) is 6.10. The molecule has 4 nitrogen and oxygen atoms in total. The Morgan fingerprint density at radius 1 is 1.40 bits per heavy atom. The number of hydrogen-bond acceptors (Lipinski definition) is 3. The number of likely N-dealkylation sites (N-methyl/N-ethyl adjacent to an activating group) is 1. The van der Waals surface area contributed by atoms with E-state index >= 15 is 0 Å². The first-order chi connectivity index (χ1) is 6.97. The predicted molar refractivity (Wildman–Crippen MR) is 59.5 cm³/mol. The fraction of sp³-hybridized carbons (Fsp3) is 0.909. The van der Waals surface area contributed by atoms with Crippen molar-refractivity contribution in [1.82, 2.24) is 4.90 Å². The van der Waals surface area contributed by atoms with Crippen molar-refractivity contribution in [1.29, 1.82) is 0 Å². The van der Waals surface area contributed by atoms with Gasteiger partial charge in [-0.25, -0.2) is 4.79 Å². The minimum atomic E-state index is -0.295. The second kappa shape index (κ2) is 4.84. The van der Waals surface area contributed by atoms with E-state index in [1.807, 2.05) is 0 Å². The highest BCUT2D eigenvalue weighted by Crippen LogP contribution is 2.30. The van der Waals surface area contributed by atoms with Crippen molar-refractivity contribution >= 4 is 6.09 Å². The number of methoxy groups -OCH3 is 1. The van der Waals surface area contributed by atoms with Gasteiger partial charge in [-0.3, -0.25) is 0 Å². The van der Waals surface area contributed by atoms with Crippen LogP contribution in [0.15, 0.2) is 0 Å². The molecule has 0 aromatic carbocycles. The summed E-state index contributed by atoms with van der Waals surface area (Å²) in [5, 5.41) is 0. The topological polar surface area (TPSA) is 55.6 Å². The van der Waals surface area contributed by atoms with Crippen molar-refractivity contribution in [3.8, 4) is 0 Å². The lowest BCUT2D eigenvalue weighted by atomic mass is 9.76. The SMILES string of the molecule is COC(=O)N(C)[C@@H]1[C@H](N)C[C@H](C)C[C@@H]1C. The molecule has 1 rings (SSSR count). The lowest BCUT2D eigenvalue weighted by Gasteiger charge is -2.42. The smallest absolute Gasteiger partial charge is 0.409 e. The Morgan fingerprint density at radius 2 is 2.00 bits per heavy atom. The molecule has 4 heteroatoms. The van der Waals surface area contributed by atoms with Crippen molar-refractivity contribution in [2.75, 3.05) is 14.2 Å². The molecule has 4 atom stereocenters. The first kappa shape index (κ1) is 12.3. The van der Waals surface area contributed by atoms with Gasteiger partial charge in [0.25, 0.3) is 0 Å². The summed E-state index contributed by atoms with van der Waals surface area (Å²) in [6, 6.07) is 0.168. The molecule has 0 unspecified atom stereocenters. The van der Waals surface area contributed by atoms with Gasteiger partial charge in [0.1, 0.15) is 0 Å². The lowest BCUT2D eigenvalue weighted by Crippen LogP contribution is -2.55. The number of ether oxygens (including phenoxy) is 1. The summed E-state index contributed by atoms with van der Waals surface area (Å²) < 4.78 is 4.72. The number of amides is 1. The van der Waals surface area contributed by atoms with E-state index in [4.69, 9.17) is 10.5 Å². The van der Waals surface area contributed by atoms with Gasteiger partial charge in [0.15, 0.2) is 0 Å². The van der Waals surface area contributed by atoms with Gasteiger partial charge in [0, 0.05) is 13.1 Å². The number of nitrogens with zero attached hydrogens (tertiary/aromatic N) is 1. The van der Waals surface area contributed by atoms with Crippen molar-refractivity contribution in [2.24, 2.45) is 17.6 Å². The molecule has 2 N–H and O–H groups in total. The van der Waals surface area contributed by atoms with Gasteiger partial charge in [-0.2, -0.15) is 0 Å². The quantitative estimate of drug-likeness (QED) is 0.718. The Balaban J connectivity index is 2.70. The van der Waals surface area contributed by atoms with Crippen LogP contribution in [-0.2, 0) is 4.74 Å². The summed E-state index contributed by atoms with van der Waals surface area (Å²) in [5.74, 6) is 1.09. The van der Waals surface area contributed by atoms with Gasteiger partial charge in [0.05, 0.1) is 13.2 Å². The fourth-order valence-corrected chi connectivity index (χ4v) is 2.83. The average molecular weight is 214 g/mol. The predicted octanol–water partition coefficient (Wildman–Crippen LogP) is 1.45. The molecule has 88 valence electrons. The van der Waals surface area contributed by atoms with Crippen LogP contribution in [0.3, 0.4) is 0 Å². The highest BCUT2D eigenvalue weighted by atomic mass is 16.5. The molecule has 0 aromatic heterocycles. The Labute approximate surface area is 91.8 Å². The van der Waals surface area contributed by atoms with Gasteiger partial charge < -0.3 is 15.4 Å². The molecule has 0 radical (unpaired) electrons. The zero-order chi connectivity index (χ0) is 11.6. The van der Waals surface area contributed by atoms with Crippen molar-refractivity contribution in [2.45, 2.75) is 38.8 Å². The molecule has 1 aliphatic carbocycles. The van der Waals surface area contributed by atoms with Crippen LogP contribution >= 0.6 is 0 Å². The molecule has 0 aliphatic heterocycles. The summed E-state index contributed by atoms with van der Waals surface area (Å²) in [4.78, 5) is 13.1. The molecule has 0 saturated heterocycles. The summed E-state index contributed by atoms with van der Waals surface area (Å²) in [7, 11) is 3.17. The van der Waals surface area contributed by atoms with Crippen LogP contribution in [0.4, 0.5) is 4.79 Å². The molecule has 1 amide bonds. The van der Waals surface area contributed by atoms with Gasteiger partial charge in [-0.05, 0) is 24.7 Å². The monoisotopic (exact) mass is 214 g/mol. The second-order valence-electron chi connectivity index (χ2n) is 4.79. The Bertz CT molecular complexity index is 221. The molecule has 0 bridgehead atoms. The Hall–Kier alpha value is -0.770. The lowest BCUT2D eigenvalue weighted by molar-refractivity contribution is 0.0716. The Morgan fingerprint density at radius 3 is 2.47 bits per heavy atom. The third kappa shape index (κ3) is 2.62. The third-order valence-electron chi connectivity index (χ3n) is 3.38. The standard InChI is InChI=1S/C11H22N2O2/c1-7-5-8(2)10(9(12)6-7)13(3)11(14)15-4/h7-10H,5-6,12H2,1-4H3/t7-,8+,9-,10+/m1/s1. The molecule has 1 saturated carbocycles. The zero-order valence-electron chi connectivity index (χ0n) is 10.1. The molecule has 0 heterocycles. The average Bonchev–Trinajstić information content (AvgIpc) is 2.14. The van der Waals surface area contributed by atoms with Crippen LogP contribution in [0, 0.1) is 11.8 Å². The molecule has 0 spiro atoms. The van der Waals surface area contributed by atoms with Gasteiger partial charge in [0.2, 0.25) is 0 Å². The molecule has 1 fully saturated rings. The van der Waals surface area contributed by atoms with Crippen molar-refractivity contribution in [3.05, 3.63) is 0 Å². The maximum Gasteiger partial charge on any atom is 0.409 e. The second-order valence-corrected chi connectivity index (χ2v) is 4.79. The molecule has 1 aliphatic rings. The van der Waals surface area contributed by atoms with E-state index < -0.39 is 0 Å². The van der Waals surface area contributed by atoms with Crippen LogP contribution in [0.1, 0.15) is 26.7 Å². The van der Waals surface area contributed by atoms with Crippen LogP contribution < -0.4 is 5.73 Å². The van der Waals surface area contributed by atoms with Crippen molar-refractivity contribution < 1.29 is 9.53 Å². The highest BCUT2D eigenvalue weighted by molar-refractivity contribution is 5.67. The van der Waals surface area contributed by atoms with E-state index in [0.717, 1.165) is 12.8 Å². The number of rotatable bonds is 1. The van der Waals surface area contributed by atoms with Crippen LogP contribution in [0.2, 0.25) is 0 Å². The number of carbonyl (C=O) groups is 1. The van der Waals surface area contributed by atoms with Crippen LogP contribution in [-0.4, -0.2) is 37.2 Å². The maximum absolute atomic E-state index is 11.4. The van der Waals surface area contributed by atoms with E-state index in [2.05, 4.69) is 13.8 Å². The first-order valence-electron chi connectivity index (χ1n) is 5.53. The van der Waals surface area contributed by atoms with E-state index in [1.165, 1.54) is 7.11 Å². The van der Waals surface area contributed by atoms with E-state index in [-0.39, 0.29) is 18.2 Å². The largest absolute Gasteiger partial charge is 0.453 e. The number of hydrogen-bond donors (Lipinski definition) is 1. The van der Waals surface area contributed by atoms with Gasteiger partial charge in [-0.15, -0.1) is 0 Å². The zero-order valence-corrected chi connectivity index (χ0v) is 10.1. The third-order valence-corrected chi connectivity index (χ3v) is 3.38. The van der Waals surface area contributed by atoms with E-state index in [0.29, 0.717) is 11.8 Å². The highest BCUT2D eigenvalue weighted by Gasteiger charge is 2.36. The minimum Gasteiger partial charge on any atom is -0.453 e. The fourth-order valence-electron chi connectivity index (χ4n) is 2.83. The van der Waals surface area contributed by atoms with E-state index in [9.17, 15) is 4.79 Å². The Kier molecular flexibility index (Phi) is 3.97. The summed E-state index contributed by atoms with van der Waals surface area (Å²) in [6.07, 6.45) is 1.81. The van der Waals surface area contributed by atoms with Crippen LogP contribution in [0.25, 0.3) is 0 Å². The molecular weight excluding hydrogens is 192 g/mol. The number of nitrogens with two attached hydrogens (primary N) is 1. The normalized spacial score (nSPS) is 36.1. The van der Waals surface area contributed by atoms with Crippen LogP contribution in [0.5, 0.6) is 0 Å². The van der Waals surface area contributed by atoms with Gasteiger partial charge >= 0.3 is 6.09 Å². The number of carbonyl (C=O) groups excluding carboxylic acids is 1. The molecular formula is C11H22N2O2. The molecule has 15 heavy (non-hydrogen) atoms.